The first-order valence-electron chi connectivity index (χ1n) is 6.58. The average molecular weight is 287 g/mol. The molecule has 1 heterocycles. The van der Waals surface area contributed by atoms with E-state index in [0.717, 1.165) is 0 Å². The Balaban J connectivity index is 2.40. The zero-order chi connectivity index (χ0) is 15.1. The summed E-state index contributed by atoms with van der Waals surface area (Å²) in [5.74, 6) is -1.79. The molecular formula is C12H21N3O5. The van der Waals surface area contributed by atoms with Crippen molar-refractivity contribution in [1.29, 1.82) is 0 Å². The van der Waals surface area contributed by atoms with E-state index >= 15 is 0 Å². The lowest BCUT2D eigenvalue weighted by molar-refractivity contribution is -0.139. The standard InChI is InChI=1S/C12H21N3O5/c1-7-6-8(4-5-20-7)14-12(19)15-9(11(17)18)2-3-10(13)16/h7-9H,2-6H2,1H3,(H2,13,16)(H,17,18)(H2,14,15,19)/t7?,8?,9-/m0/s1. The zero-order valence-corrected chi connectivity index (χ0v) is 11.4. The number of carbonyl (C=O) groups excluding carboxylic acids is 2. The van der Waals surface area contributed by atoms with Crippen LogP contribution in [0.3, 0.4) is 0 Å². The van der Waals surface area contributed by atoms with E-state index in [2.05, 4.69) is 10.6 Å². The summed E-state index contributed by atoms with van der Waals surface area (Å²) in [6, 6.07) is -1.72. The summed E-state index contributed by atoms with van der Waals surface area (Å²) in [5.41, 5.74) is 4.96. The fourth-order valence-corrected chi connectivity index (χ4v) is 2.06. The molecule has 3 atom stereocenters. The summed E-state index contributed by atoms with van der Waals surface area (Å²) in [4.78, 5) is 33.4. The molecule has 1 aliphatic heterocycles. The molecule has 8 heteroatoms. The number of carbonyl (C=O) groups is 3. The normalized spacial score (nSPS) is 23.6. The van der Waals surface area contributed by atoms with Crippen LogP contribution in [0.15, 0.2) is 0 Å². The summed E-state index contributed by atoms with van der Waals surface area (Å²) >= 11 is 0. The summed E-state index contributed by atoms with van der Waals surface area (Å²) in [6.45, 7) is 2.48. The molecule has 3 amide bonds. The molecule has 0 bridgehead atoms. The van der Waals surface area contributed by atoms with Crippen molar-refractivity contribution < 1.29 is 24.2 Å². The summed E-state index contributed by atoms with van der Waals surface area (Å²) in [6.07, 6.45) is 1.33. The molecule has 0 radical (unpaired) electrons. The van der Waals surface area contributed by atoms with Gasteiger partial charge in [-0.3, -0.25) is 4.79 Å². The molecule has 0 aromatic carbocycles. The molecule has 0 saturated carbocycles. The number of primary amides is 1. The summed E-state index contributed by atoms with van der Waals surface area (Å²) in [7, 11) is 0. The first kappa shape index (κ1) is 16.2. The van der Waals surface area contributed by atoms with Crippen LogP contribution in [0, 0.1) is 0 Å². The van der Waals surface area contributed by atoms with E-state index in [9.17, 15) is 14.4 Å². The van der Waals surface area contributed by atoms with E-state index in [0.29, 0.717) is 19.4 Å². The Labute approximate surface area is 117 Å². The van der Waals surface area contributed by atoms with Gasteiger partial charge in [0.25, 0.3) is 0 Å². The number of carboxylic acids is 1. The van der Waals surface area contributed by atoms with Crippen molar-refractivity contribution in [2.45, 2.75) is 50.8 Å². The van der Waals surface area contributed by atoms with E-state index in [-0.39, 0.29) is 25.0 Å². The third-order valence-corrected chi connectivity index (χ3v) is 3.10. The number of hydrogen-bond donors (Lipinski definition) is 4. The minimum absolute atomic E-state index is 0.0255. The molecule has 1 fully saturated rings. The van der Waals surface area contributed by atoms with Gasteiger partial charge in [-0.1, -0.05) is 0 Å². The number of aliphatic carboxylic acids is 1. The number of rotatable bonds is 6. The SMILES string of the molecule is CC1CC(NC(=O)N[C@@H](CCC(N)=O)C(=O)O)CCO1. The highest BCUT2D eigenvalue weighted by atomic mass is 16.5. The Kier molecular flexibility index (Phi) is 6.23. The van der Waals surface area contributed by atoms with Crippen molar-refractivity contribution in [2.24, 2.45) is 5.73 Å². The van der Waals surface area contributed by atoms with Crippen LogP contribution in [0.25, 0.3) is 0 Å². The fourth-order valence-electron chi connectivity index (χ4n) is 2.06. The lowest BCUT2D eigenvalue weighted by atomic mass is 10.0. The van der Waals surface area contributed by atoms with Crippen molar-refractivity contribution in [2.75, 3.05) is 6.61 Å². The second-order valence-electron chi connectivity index (χ2n) is 4.92. The van der Waals surface area contributed by atoms with Gasteiger partial charge in [0.15, 0.2) is 0 Å². The predicted octanol–water partition coefficient (Wildman–Crippen LogP) is -0.428. The van der Waals surface area contributed by atoms with Crippen LogP contribution in [-0.2, 0) is 14.3 Å². The van der Waals surface area contributed by atoms with Crippen molar-refractivity contribution in [3.05, 3.63) is 0 Å². The highest BCUT2D eigenvalue weighted by molar-refractivity contribution is 5.83. The maximum absolute atomic E-state index is 11.7. The predicted molar refractivity (Wildman–Crippen MR) is 70.0 cm³/mol. The zero-order valence-electron chi connectivity index (χ0n) is 11.4. The van der Waals surface area contributed by atoms with Crippen LogP contribution in [0.4, 0.5) is 4.79 Å². The van der Waals surface area contributed by atoms with Crippen LogP contribution in [0.2, 0.25) is 0 Å². The molecule has 0 aromatic rings. The number of hydrogen-bond acceptors (Lipinski definition) is 4. The number of urea groups is 1. The van der Waals surface area contributed by atoms with Gasteiger partial charge in [-0.2, -0.15) is 0 Å². The minimum atomic E-state index is -1.19. The van der Waals surface area contributed by atoms with Gasteiger partial charge in [-0.05, 0) is 26.2 Å². The van der Waals surface area contributed by atoms with E-state index in [1.54, 1.807) is 0 Å². The molecular weight excluding hydrogens is 266 g/mol. The Morgan fingerprint density at radius 2 is 2.15 bits per heavy atom. The lowest BCUT2D eigenvalue weighted by Crippen LogP contribution is -2.51. The van der Waals surface area contributed by atoms with Gasteiger partial charge in [-0.25, -0.2) is 9.59 Å². The Morgan fingerprint density at radius 3 is 2.70 bits per heavy atom. The molecule has 2 unspecified atom stereocenters. The van der Waals surface area contributed by atoms with Gasteiger partial charge in [0.1, 0.15) is 6.04 Å². The molecule has 1 aliphatic rings. The lowest BCUT2D eigenvalue weighted by Gasteiger charge is -2.28. The Bertz CT molecular complexity index is 374. The summed E-state index contributed by atoms with van der Waals surface area (Å²) in [5, 5.41) is 14.0. The highest BCUT2D eigenvalue weighted by Gasteiger charge is 2.24. The van der Waals surface area contributed by atoms with Crippen LogP contribution in [0.5, 0.6) is 0 Å². The molecule has 0 aliphatic carbocycles. The van der Waals surface area contributed by atoms with Gasteiger partial charge in [0.2, 0.25) is 5.91 Å². The van der Waals surface area contributed by atoms with Crippen LogP contribution in [-0.4, -0.2) is 47.8 Å². The molecule has 8 nitrogen and oxygen atoms in total. The minimum Gasteiger partial charge on any atom is -0.480 e. The van der Waals surface area contributed by atoms with Gasteiger partial charge in [-0.15, -0.1) is 0 Å². The molecule has 1 saturated heterocycles. The number of amides is 3. The maximum atomic E-state index is 11.7. The first-order valence-corrected chi connectivity index (χ1v) is 6.58. The van der Waals surface area contributed by atoms with Gasteiger partial charge >= 0.3 is 12.0 Å². The van der Waals surface area contributed by atoms with Gasteiger partial charge in [0, 0.05) is 19.1 Å². The second-order valence-corrected chi connectivity index (χ2v) is 4.92. The van der Waals surface area contributed by atoms with E-state index < -0.39 is 23.9 Å². The van der Waals surface area contributed by atoms with Crippen molar-refractivity contribution in [1.82, 2.24) is 10.6 Å². The number of ether oxygens (including phenoxy) is 1. The van der Waals surface area contributed by atoms with Crippen molar-refractivity contribution in [3.63, 3.8) is 0 Å². The van der Waals surface area contributed by atoms with Crippen molar-refractivity contribution >= 4 is 17.9 Å². The number of nitrogens with one attached hydrogen (secondary N) is 2. The van der Waals surface area contributed by atoms with Crippen LogP contribution < -0.4 is 16.4 Å². The smallest absolute Gasteiger partial charge is 0.326 e. The fraction of sp³-hybridized carbons (Fsp3) is 0.750. The third-order valence-electron chi connectivity index (χ3n) is 3.10. The largest absolute Gasteiger partial charge is 0.480 e. The maximum Gasteiger partial charge on any atom is 0.326 e. The van der Waals surface area contributed by atoms with E-state index in [1.807, 2.05) is 6.92 Å². The van der Waals surface area contributed by atoms with E-state index in [4.69, 9.17) is 15.6 Å². The van der Waals surface area contributed by atoms with E-state index in [1.165, 1.54) is 0 Å². The number of nitrogens with two attached hydrogens (primary N) is 1. The highest BCUT2D eigenvalue weighted by Crippen LogP contribution is 2.12. The summed E-state index contributed by atoms with van der Waals surface area (Å²) < 4.78 is 5.36. The van der Waals surface area contributed by atoms with Crippen LogP contribution >= 0.6 is 0 Å². The first-order chi connectivity index (χ1) is 9.38. The molecule has 1 rings (SSSR count). The van der Waals surface area contributed by atoms with Crippen molar-refractivity contribution in [3.8, 4) is 0 Å². The Hall–Kier alpha value is -1.83. The topological polar surface area (TPSA) is 131 Å². The average Bonchev–Trinajstić information content (AvgIpc) is 2.33. The molecule has 114 valence electrons. The quantitative estimate of drug-likeness (QED) is 0.526. The monoisotopic (exact) mass is 287 g/mol. The number of carboxylic acid groups (broad SMARTS) is 1. The molecule has 0 spiro atoms. The second kappa shape index (κ2) is 7.68. The van der Waals surface area contributed by atoms with Gasteiger partial charge < -0.3 is 26.2 Å². The Morgan fingerprint density at radius 1 is 1.45 bits per heavy atom. The van der Waals surface area contributed by atoms with Gasteiger partial charge in [0.05, 0.1) is 6.10 Å². The molecule has 20 heavy (non-hydrogen) atoms. The molecule has 5 N–H and O–H groups in total. The molecule has 0 aromatic heterocycles. The third kappa shape index (κ3) is 5.87. The van der Waals surface area contributed by atoms with Crippen LogP contribution in [0.1, 0.15) is 32.6 Å².